The zero-order chi connectivity index (χ0) is 9.41. The maximum absolute atomic E-state index is 5.84. The van der Waals surface area contributed by atoms with E-state index >= 15 is 0 Å². The molecular formula is C10H20OSi. The first-order valence-corrected chi connectivity index (χ1v) is 8.06. The van der Waals surface area contributed by atoms with Gasteiger partial charge in [0, 0.05) is 6.61 Å². The molecule has 0 saturated heterocycles. The zero-order valence-corrected chi connectivity index (χ0v) is 9.68. The second kappa shape index (κ2) is 3.00. The molecule has 1 nitrogen and oxygen atoms in total. The number of rotatable bonds is 4. The van der Waals surface area contributed by atoms with Crippen LogP contribution < -0.4 is 0 Å². The number of hydrogen-bond acceptors (Lipinski definition) is 1. The predicted molar refractivity (Wildman–Crippen MR) is 55.7 cm³/mol. The highest BCUT2D eigenvalue weighted by Crippen LogP contribution is 2.53. The predicted octanol–water partition coefficient (Wildman–Crippen LogP) is 3.05. The van der Waals surface area contributed by atoms with Gasteiger partial charge in [-0.05, 0) is 37.4 Å². The minimum Gasteiger partial charge on any atom is -0.417 e. The molecule has 1 saturated carbocycles. The van der Waals surface area contributed by atoms with Gasteiger partial charge in [-0.2, -0.15) is 0 Å². The maximum Gasteiger partial charge on any atom is 0.183 e. The molecule has 2 unspecified atom stereocenters. The molecule has 0 aromatic rings. The van der Waals surface area contributed by atoms with Crippen LogP contribution in [0.2, 0.25) is 19.6 Å². The van der Waals surface area contributed by atoms with E-state index in [1.807, 2.05) is 0 Å². The Morgan fingerprint density at radius 3 is 2.50 bits per heavy atom. The van der Waals surface area contributed by atoms with E-state index in [0.29, 0.717) is 5.41 Å². The summed E-state index contributed by atoms with van der Waals surface area (Å²) < 4.78 is 5.84. The Balaban J connectivity index is 2.25. The zero-order valence-electron chi connectivity index (χ0n) is 8.68. The summed E-state index contributed by atoms with van der Waals surface area (Å²) in [4.78, 5) is 0. The highest BCUT2D eigenvalue weighted by atomic mass is 28.4. The van der Waals surface area contributed by atoms with E-state index in [2.05, 4.69) is 39.2 Å². The Bertz CT molecular complexity index is 183. The standard InChI is InChI=1S/C10H20OSi/c1-6-10(2)7-9(10)8-11-12(3,4)5/h6,9H,1,7-8H2,2-5H3. The average molecular weight is 184 g/mol. The van der Waals surface area contributed by atoms with E-state index in [4.69, 9.17) is 4.43 Å². The van der Waals surface area contributed by atoms with Crippen molar-refractivity contribution in [1.82, 2.24) is 0 Å². The van der Waals surface area contributed by atoms with Gasteiger partial charge in [-0.1, -0.05) is 13.0 Å². The molecule has 0 aliphatic heterocycles. The summed E-state index contributed by atoms with van der Waals surface area (Å²) in [6.45, 7) is 13.8. The highest BCUT2D eigenvalue weighted by molar-refractivity contribution is 6.69. The van der Waals surface area contributed by atoms with Crippen LogP contribution in [0.5, 0.6) is 0 Å². The quantitative estimate of drug-likeness (QED) is 0.482. The molecular weight excluding hydrogens is 164 g/mol. The van der Waals surface area contributed by atoms with Gasteiger partial charge in [0.1, 0.15) is 0 Å². The SMILES string of the molecule is C=CC1(C)CC1CO[Si](C)(C)C. The molecule has 1 aliphatic carbocycles. The fourth-order valence-corrected chi connectivity index (χ4v) is 2.02. The molecule has 2 atom stereocenters. The van der Waals surface area contributed by atoms with Crippen molar-refractivity contribution >= 4 is 8.32 Å². The van der Waals surface area contributed by atoms with Crippen LogP contribution in [0.3, 0.4) is 0 Å². The van der Waals surface area contributed by atoms with E-state index in [1.165, 1.54) is 6.42 Å². The number of allylic oxidation sites excluding steroid dienone is 1. The summed E-state index contributed by atoms with van der Waals surface area (Å²) in [7, 11) is -1.29. The molecule has 0 radical (unpaired) electrons. The average Bonchev–Trinajstić information content (AvgIpc) is 2.58. The minimum absolute atomic E-state index is 0.389. The van der Waals surface area contributed by atoms with Crippen molar-refractivity contribution in [3.63, 3.8) is 0 Å². The normalized spacial score (nSPS) is 34.8. The number of hydrogen-bond donors (Lipinski definition) is 0. The van der Waals surface area contributed by atoms with Crippen molar-refractivity contribution in [2.24, 2.45) is 11.3 Å². The first-order chi connectivity index (χ1) is 5.37. The summed E-state index contributed by atoms with van der Waals surface area (Å²) in [6.07, 6.45) is 3.34. The van der Waals surface area contributed by atoms with Crippen molar-refractivity contribution in [2.45, 2.75) is 33.0 Å². The fourth-order valence-electron chi connectivity index (χ4n) is 1.32. The van der Waals surface area contributed by atoms with Gasteiger partial charge in [0.2, 0.25) is 0 Å². The van der Waals surface area contributed by atoms with Crippen LogP contribution >= 0.6 is 0 Å². The topological polar surface area (TPSA) is 9.23 Å². The van der Waals surface area contributed by atoms with Crippen LogP contribution in [0, 0.1) is 11.3 Å². The van der Waals surface area contributed by atoms with Gasteiger partial charge in [0.15, 0.2) is 8.32 Å². The van der Waals surface area contributed by atoms with Crippen molar-refractivity contribution in [3.05, 3.63) is 12.7 Å². The van der Waals surface area contributed by atoms with Gasteiger partial charge >= 0.3 is 0 Å². The molecule has 0 amide bonds. The molecule has 0 N–H and O–H groups in total. The monoisotopic (exact) mass is 184 g/mol. The lowest BCUT2D eigenvalue weighted by Crippen LogP contribution is -2.26. The molecule has 1 fully saturated rings. The maximum atomic E-state index is 5.84. The van der Waals surface area contributed by atoms with Crippen molar-refractivity contribution in [1.29, 1.82) is 0 Å². The summed E-state index contributed by atoms with van der Waals surface area (Å²) in [6, 6.07) is 0. The summed E-state index contributed by atoms with van der Waals surface area (Å²) >= 11 is 0. The van der Waals surface area contributed by atoms with Gasteiger partial charge in [-0.3, -0.25) is 0 Å². The first-order valence-electron chi connectivity index (χ1n) is 4.65. The molecule has 0 spiro atoms. The molecule has 0 bridgehead atoms. The van der Waals surface area contributed by atoms with E-state index in [9.17, 15) is 0 Å². The van der Waals surface area contributed by atoms with Gasteiger partial charge in [-0.25, -0.2) is 0 Å². The van der Waals surface area contributed by atoms with Gasteiger partial charge in [0.05, 0.1) is 0 Å². The third kappa shape index (κ3) is 2.46. The van der Waals surface area contributed by atoms with Gasteiger partial charge < -0.3 is 4.43 Å². The summed E-state index contributed by atoms with van der Waals surface area (Å²) in [5.41, 5.74) is 0.389. The van der Waals surface area contributed by atoms with Crippen LogP contribution in [0.25, 0.3) is 0 Å². The lowest BCUT2D eigenvalue weighted by Gasteiger charge is -2.17. The fraction of sp³-hybridized carbons (Fsp3) is 0.800. The molecule has 2 heteroatoms. The van der Waals surface area contributed by atoms with Crippen LogP contribution in [0.4, 0.5) is 0 Å². The van der Waals surface area contributed by atoms with E-state index in [1.54, 1.807) is 0 Å². The van der Waals surface area contributed by atoms with Crippen LogP contribution in [-0.4, -0.2) is 14.9 Å². The van der Waals surface area contributed by atoms with Gasteiger partial charge in [0.25, 0.3) is 0 Å². The lowest BCUT2D eigenvalue weighted by atomic mass is 10.1. The van der Waals surface area contributed by atoms with Crippen molar-refractivity contribution < 1.29 is 4.43 Å². The van der Waals surface area contributed by atoms with E-state index in [-0.39, 0.29) is 0 Å². The Morgan fingerprint density at radius 1 is 1.58 bits per heavy atom. The smallest absolute Gasteiger partial charge is 0.183 e. The first kappa shape index (κ1) is 10.0. The lowest BCUT2D eigenvalue weighted by molar-refractivity contribution is 0.279. The third-order valence-electron chi connectivity index (χ3n) is 2.64. The van der Waals surface area contributed by atoms with Gasteiger partial charge in [-0.15, -0.1) is 6.58 Å². The Morgan fingerprint density at radius 2 is 2.17 bits per heavy atom. The third-order valence-corrected chi connectivity index (χ3v) is 3.68. The van der Waals surface area contributed by atoms with Crippen LogP contribution in [0.1, 0.15) is 13.3 Å². The van der Waals surface area contributed by atoms with Crippen molar-refractivity contribution in [3.8, 4) is 0 Å². The minimum atomic E-state index is -1.29. The molecule has 1 aliphatic rings. The molecule has 0 heterocycles. The molecule has 12 heavy (non-hydrogen) atoms. The summed E-state index contributed by atoms with van der Waals surface area (Å²) in [5.74, 6) is 0.738. The van der Waals surface area contributed by atoms with E-state index < -0.39 is 8.32 Å². The summed E-state index contributed by atoms with van der Waals surface area (Å²) in [5, 5.41) is 0. The molecule has 0 aromatic carbocycles. The Labute approximate surface area is 76.9 Å². The second-order valence-corrected chi connectivity index (χ2v) is 9.55. The van der Waals surface area contributed by atoms with Crippen LogP contribution in [0.15, 0.2) is 12.7 Å². The second-order valence-electron chi connectivity index (χ2n) is 5.03. The molecule has 1 rings (SSSR count). The largest absolute Gasteiger partial charge is 0.417 e. The van der Waals surface area contributed by atoms with E-state index in [0.717, 1.165) is 12.5 Å². The van der Waals surface area contributed by atoms with Crippen molar-refractivity contribution in [2.75, 3.05) is 6.61 Å². The Hall–Kier alpha value is -0.0831. The molecule has 0 aromatic heterocycles. The van der Waals surface area contributed by atoms with Crippen LogP contribution in [-0.2, 0) is 4.43 Å². The highest BCUT2D eigenvalue weighted by Gasteiger charge is 2.47. The molecule has 70 valence electrons. The Kier molecular flexibility index (Phi) is 2.50.